The van der Waals surface area contributed by atoms with E-state index in [1.165, 1.54) is 0 Å². The summed E-state index contributed by atoms with van der Waals surface area (Å²) in [5, 5.41) is 54.2. The van der Waals surface area contributed by atoms with Crippen molar-refractivity contribution in [2.24, 2.45) is 10.8 Å². The molecule has 0 aromatic carbocycles. The van der Waals surface area contributed by atoms with Crippen LogP contribution in [-0.4, -0.2) is 107 Å². The first-order chi connectivity index (χ1) is 8.07. The van der Waals surface area contributed by atoms with Crippen LogP contribution in [0.4, 0.5) is 0 Å². The molecule has 19 heavy (non-hydrogen) atoms. The number of hydrogen-bond acceptors (Lipinski definition) is 7. The Bertz CT molecular complexity index is 159. The molecule has 0 spiro atoms. The van der Waals surface area contributed by atoms with Crippen LogP contribution >= 0.6 is 0 Å². The van der Waals surface area contributed by atoms with E-state index in [1.54, 1.807) is 0 Å². The van der Waals surface area contributed by atoms with Gasteiger partial charge in [0, 0.05) is 0 Å². The summed E-state index contributed by atoms with van der Waals surface area (Å²) in [6.45, 7) is -3.01. The summed E-state index contributed by atoms with van der Waals surface area (Å²) in [4.78, 5) is 0. The van der Waals surface area contributed by atoms with E-state index < -0.39 is 50.5 Å². The smallest absolute Gasteiger partial charge is 2.00 e. The van der Waals surface area contributed by atoms with Gasteiger partial charge in [0.15, 0.2) is 0 Å². The zero-order valence-corrected chi connectivity index (χ0v) is 12.3. The molecule has 9 heteroatoms. The van der Waals surface area contributed by atoms with Crippen molar-refractivity contribution in [1.29, 1.82) is 0 Å². The van der Waals surface area contributed by atoms with Crippen molar-refractivity contribution >= 4 is 23.1 Å². The van der Waals surface area contributed by atoms with Crippen molar-refractivity contribution in [3.8, 4) is 0 Å². The van der Waals surface area contributed by atoms with Crippen LogP contribution in [0.15, 0.2) is 0 Å². The molecule has 0 unspecified atom stereocenters. The molecule has 8 nitrogen and oxygen atoms in total. The first-order valence-corrected chi connectivity index (χ1v) is 5.30. The number of aliphatic hydroxyl groups is 6. The first-order valence-electron chi connectivity index (χ1n) is 5.30. The molecule has 0 radical (unpaired) electrons. The quantitative estimate of drug-likeness (QED) is 0.227. The van der Waals surface area contributed by atoms with Crippen LogP contribution in [-0.2, 0) is 10.2 Å². The Balaban J connectivity index is -0.00000128. The average molecular weight is 295 g/mol. The van der Waals surface area contributed by atoms with E-state index in [0.29, 0.717) is 0 Å². The normalized spacial score (nSPS) is 11.7. The second-order valence-electron chi connectivity index (χ2n) is 4.44. The Morgan fingerprint density at radius 3 is 0.947 bits per heavy atom. The fourth-order valence-electron chi connectivity index (χ4n) is 1.06. The predicted octanol–water partition coefficient (Wildman–Crippen LogP) is -3.57. The number of ether oxygens (including phenoxy) is 1. The monoisotopic (exact) mass is 294 g/mol. The summed E-state index contributed by atoms with van der Waals surface area (Å²) in [5.74, 6) is 0. The zero-order valence-electron chi connectivity index (χ0n) is 10.9. The first kappa shape index (κ1) is 24.5. The van der Waals surface area contributed by atoms with Gasteiger partial charge in [-0.15, -0.1) is 0 Å². The number of aliphatic hydroxyl groups excluding tert-OH is 6. The largest absolute Gasteiger partial charge is 2.00 e. The molecule has 0 rings (SSSR count). The second kappa shape index (κ2) is 12.2. The molecule has 0 saturated heterocycles. The van der Waals surface area contributed by atoms with Crippen LogP contribution in [0.2, 0.25) is 0 Å². The third-order valence-electron chi connectivity index (χ3n) is 2.83. The molecule has 0 amide bonds. The van der Waals surface area contributed by atoms with Gasteiger partial charge in [0.2, 0.25) is 0 Å². The Morgan fingerprint density at radius 1 is 0.579 bits per heavy atom. The van der Waals surface area contributed by atoms with Crippen LogP contribution < -0.4 is 0 Å². The van der Waals surface area contributed by atoms with Crippen LogP contribution in [0.1, 0.15) is 0 Å². The molecule has 0 aliphatic carbocycles. The molecule has 0 bridgehead atoms. The molecule has 0 atom stereocenters. The van der Waals surface area contributed by atoms with Gasteiger partial charge in [-0.1, -0.05) is 0 Å². The van der Waals surface area contributed by atoms with Crippen molar-refractivity contribution < 1.29 is 40.9 Å². The Kier molecular flexibility index (Phi) is 15.7. The van der Waals surface area contributed by atoms with Crippen LogP contribution in [0, 0.1) is 10.8 Å². The van der Waals surface area contributed by atoms with Gasteiger partial charge >= 0.3 is 23.1 Å². The maximum absolute atomic E-state index is 9.03. The molecule has 112 valence electrons. The second-order valence-corrected chi connectivity index (χ2v) is 4.44. The third kappa shape index (κ3) is 7.13. The Labute approximate surface area is 128 Å². The standard InChI is InChI=1S/C10H22O7.Mg.O/c11-1-9(2-12,3-13)7-17-8-10(4-14,5-15)6-16;;/h11-16H,1-8H2;;/q;+2;-2. The number of rotatable bonds is 10. The zero-order chi connectivity index (χ0) is 13.4. The Hall–Kier alpha value is 0.446. The van der Waals surface area contributed by atoms with Crippen LogP contribution in [0.5, 0.6) is 0 Å². The molecule has 0 aliphatic heterocycles. The number of hydrogen-bond donors (Lipinski definition) is 6. The molecular weight excluding hydrogens is 272 g/mol. The van der Waals surface area contributed by atoms with Gasteiger partial charge in [-0.2, -0.15) is 0 Å². The SMILES string of the molecule is OCC(CO)(CO)COCC(CO)(CO)CO.[Mg+2].[O-2]. The summed E-state index contributed by atoms with van der Waals surface area (Å²) < 4.78 is 5.15. The molecule has 0 heterocycles. The maximum atomic E-state index is 9.03. The molecule has 0 aliphatic rings. The van der Waals surface area contributed by atoms with Gasteiger partial charge in [0.1, 0.15) is 0 Å². The topological polar surface area (TPSA) is 159 Å². The fraction of sp³-hybridized carbons (Fsp3) is 1.00. The van der Waals surface area contributed by atoms with Crippen molar-refractivity contribution in [2.45, 2.75) is 0 Å². The van der Waals surface area contributed by atoms with E-state index in [0.717, 1.165) is 0 Å². The summed E-state index contributed by atoms with van der Waals surface area (Å²) in [6, 6.07) is 0. The minimum Gasteiger partial charge on any atom is -2.00 e. The van der Waals surface area contributed by atoms with E-state index in [1.807, 2.05) is 0 Å². The van der Waals surface area contributed by atoms with Crippen molar-refractivity contribution in [1.82, 2.24) is 0 Å². The molecule has 0 fully saturated rings. The average Bonchev–Trinajstić information content (AvgIpc) is 2.41. The van der Waals surface area contributed by atoms with E-state index in [9.17, 15) is 0 Å². The van der Waals surface area contributed by atoms with Gasteiger partial charge < -0.3 is 40.9 Å². The predicted molar refractivity (Wildman–Crippen MR) is 64.6 cm³/mol. The maximum Gasteiger partial charge on any atom is 2.00 e. The van der Waals surface area contributed by atoms with Gasteiger partial charge in [0.05, 0.1) is 63.7 Å². The van der Waals surface area contributed by atoms with E-state index in [-0.39, 0.29) is 41.7 Å². The third-order valence-corrected chi connectivity index (χ3v) is 2.83. The van der Waals surface area contributed by atoms with Crippen LogP contribution in [0.25, 0.3) is 0 Å². The van der Waals surface area contributed by atoms with E-state index in [2.05, 4.69) is 0 Å². The molecule has 0 saturated carbocycles. The summed E-state index contributed by atoms with van der Waals surface area (Å²) in [6.07, 6.45) is 0. The van der Waals surface area contributed by atoms with Gasteiger partial charge in [-0.05, 0) is 0 Å². The minimum absolute atomic E-state index is 0. The molecule has 0 aromatic rings. The molecular formula is C10H22MgO8. The fourth-order valence-corrected chi connectivity index (χ4v) is 1.06. The molecule has 0 aromatic heterocycles. The minimum atomic E-state index is -1.16. The van der Waals surface area contributed by atoms with Gasteiger partial charge in [-0.25, -0.2) is 0 Å². The summed E-state index contributed by atoms with van der Waals surface area (Å²) in [5.41, 5.74) is -2.32. The van der Waals surface area contributed by atoms with Gasteiger partial charge in [-0.3, -0.25) is 0 Å². The van der Waals surface area contributed by atoms with Crippen LogP contribution in [0.3, 0.4) is 0 Å². The molecule has 6 N–H and O–H groups in total. The van der Waals surface area contributed by atoms with E-state index in [4.69, 9.17) is 35.4 Å². The summed E-state index contributed by atoms with van der Waals surface area (Å²) >= 11 is 0. The van der Waals surface area contributed by atoms with E-state index >= 15 is 0 Å². The Morgan fingerprint density at radius 2 is 0.789 bits per heavy atom. The van der Waals surface area contributed by atoms with Crippen molar-refractivity contribution in [3.63, 3.8) is 0 Å². The van der Waals surface area contributed by atoms with Crippen molar-refractivity contribution in [2.75, 3.05) is 52.9 Å². The van der Waals surface area contributed by atoms with Gasteiger partial charge in [0.25, 0.3) is 0 Å². The summed E-state index contributed by atoms with van der Waals surface area (Å²) in [7, 11) is 0. The van der Waals surface area contributed by atoms with Crippen molar-refractivity contribution in [3.05, 3.63) is 0 Å².